The molecule has 0 atom stereocenters. The van der Waals surface area contributed by atoms with Crippen LogP contribution in [0.2, 0.25) is 0 Å². The Morgan fingerprint density at radius 3 is 3.00 bits per heavy atom. The zero-order valence-electron chi connectivity index (χ0n) is 7.38. The molecule has 0 fully saturated rings. The molecule has 0 aromatic carbocycles. The van der Waals surface area contributed by atoms with Crippen molar-refractivity contribution >= 4 is 0 Å². The predicted molar refractivity (Wildman–Crippen MR) is 48.5 cm³/mol. The van der Waals surface area contributed by atoms with Gasteiger partial charge in [-0.1, -0.05) is 6.92 Å². The molecule has 4 heteroatoms. The van der Waals surface area contributed by atoms with Crippen LogP contribution in [0.4, 0.5) is 0 Å². The van der Waals surface area contributed by atoms with Gasteiger partial charge >= 0.3 is 0 Å². The summed E-state index contributed by atoms with van der Waals surface area (Å²) in [7, 11) is 0. The Labute approximate surface area is 76.3 Å². The highest BCUT2D eigenvalue weighted by Crippen LogP contribution is 2.03. The van der Waals surface area contributed by atoms with E-state index in [2.05, 4.69) is 22.0 Å². The molecule has 0 aliphatic heterocycles. The van der Waals surface area contributed by atoms with E-state index in [0.717, 1.165) is 17.9 Å². The summed E-state index contributed by atoms with van der Waals surface area (Å²) in [6.07, 6.45) is 6.07. The number of rotatable bonds is 2. The first-order valence-corrected chi connectivity index (χ1v) is 4.21. The van der Waals surface area contributed by atoms with E-state index in [4.69, 9.17) is 0 Å². The van der Waals surface area contributed by atoms with Gasteiger partial charge in [-0.25, -0.2) is 14.6 Å². The van der Waals surface area contributed by atoms with E-state index in [1.54, 1.807) is 17.2 Å². The molecular formula is C9H10N4. The van der Waals surface area contributed by atoms with E-state index in [1.807, 2.05) is 18.3 Å². The normalized spacial score (nSPS) is 10.2. The van der Waals surface area contributed by atoms with Crippen molar-refractivity contribution in [2.75, 3.05) is 0 Å². The maximum atomic E-state index is 4.12. The van der Waals surface area contributed by atoms with Crippen molar-refractivity contribution in [3.8, 4) is 5.82 Å². The summed E-state index contributed by atoms with van der Waals surface area (Å²) >= 11 is 0. The second-order valence-electron chi connectivity index (χ2n) is 2.67. The summed E-state index contributed by atoms with van der Waals surface area (Å²) in [5.41, 5.74) is 1.03. The molecule has 0 saturated heterocycles. The van der Waals surface area contributed by atoms with Crippen LogP contribution in [0.25, 0.3) is 5.82 Å². The zero-order chi connectivity index (χ0) is 9.10. The quantitative estimate of drug-likeness (QED) is 0.687. The van der Waals surface area contributed by atoms with Crippen LogP contribution in [0, 0.1) is 0 Å². The van der Waals surface area contributed by atoms with Gasteiger partial charge in [-0.05, 0) is 12.5 Å². The molecule has 0 aliphatic rings. The van der Waals surface area contributed by atoms with E-state index in [1.165, 1.54) is 0 Å². The lowest BCUT2D eigenvalue weighted by Crippen LogP contribution is -2.00. The van der Waals surface area contributed by atoms with E-state index in [9.17, 15) is 0 Å². The second-order valence-corrected chi connectivity index (χ2v) is 2.67. The summed E-state index contributed by atoms with van der Waals surface area (Å²) in [6.45, 7) is 2.06. The van der Waals surface area contributed by atoms with Gasteiger partial charge in [-0.3, -0.25) is 0 Å². The maximum absolute atomic E-state index is 4.12. The van der Waals surface area contributed by atoms with E-state index in [0.29, 0.717) is 0 Å². The summed E-state index contributed by atoms with van der Waals surface area (Å²) in [6, 6.07) is 3.81. The zero-order valence-corrected chi connectivity index (χ0v) is 7.38. The molecule has 66 valence electrons. The molecule has 0 N–H and O–H groups in total. The van der Waals surface area contributed by atoms with Gasteiger partial charge in [-0.2, -0.15) is 5.10 Å². The van der Waals surface area contributed by atoms with Crippen molar-refractivity contribution in [1.29, 1.82) is 0 Å². The Morgan fingerprint density at radius 1 is 1.38 bits per heavy atom. The fraction of sp³-hybridized carbons (Fsp3) is 0.222. The fourth-order valence-corrected chi connectivity index (χ4v) is 1.11. The van der Waals surface area contributed by atoms with E-state index >= 15 is 0 Å². The molecule has 0 spiro atoms. The molecular weight excluding hydrogens is 164 g/mol. The first kappa shape index (κ1) is 7.91. The van der Waals surface area contributed by atoms with Gasteiger partial charge < -0.3 is 0 Å². The minimum Gasteiger partial charge on any atom is -0.241 e. The van der Waals surface area contributed by atoms with Gasteiger partial charge in [0, 0.05) is 24.2 Å². The third kappa shape index (κ3) is 1.56. The highest BCUT2D eigenvalue weighted by molar-refractivity contribution is 5.21. The van der Waals surface area contributed by atoms with Crippen molar-refractivity contribution in [2.45, 2.75) is 13.3 Å². The van der Waals surface area contributed by atoms with Gasteiger partial charge in [0.15, 0.2) is 5.82 Å². The Balaban J connectivity index is 2.41. The molecule has 2 aromatic rings. The van der Waals surface area contributed by atoms with Crippen LogP contribution in [-0.2, 0) is 6.42 Å². The summed E-state index contributed by atoms with van der Waals surface area (Å²) in [5, 5.41) is 4.09. The molecule has 13 heavy (non-hydrogen) atoms. The van der Waals surface area contributed by atoms with Crippen molar-refractivity contribution in [3.05, 3.63) is 36.5 Å². The lowest BCUT2D eigenvalue weighted by molar-refractivity contribution is 0.828. The highest BCUT2D eigenvalue weighted by atomic mass is 15.3. The molecule has 2 rings (SSSR count). The van der Waals surface area contributed by atoms with Crippen molar-refractivity contribution in [2.24, 2.45) is 0 Å². The Kier molecular flexibility index (Phi) is 2.04. The number of aryl methyl sites for hydroxylation is 1. The van der Waals surface area contributed by atoms with Crippen LogP contribution >= 0.6 is 0 Å². The first-order chi connectivity index (χ1) is 6.40. The lowest BCUT2D eigenvalue weighted by atomic mass is 10.3. The minimum atomic E-state index is 0.817. The van der Waals surface area contributed by atoms with Crippen LogP contribution < -0.4 is 0 Å². The average Bonchev–Trinajstić information content (AvgIpc) is 2.71. The number of hydrogen-bond acceptors (Lipinski definition) is 3. The Morgan fingerprint density at radius 2 is 2.31 bits per heavy atom. The van der Waals surface area contributed by atoms with Crippen molar-refractivity contribution in [3.63, 3.8) is 0 Å². The van der Waals surface area contributed by atoms with Crippen molar-refractivity contribution in [1.82, 2.24) is 19.7 Å². The third-order valence-corrected chi connectivity index (χ3v) is 1.81. The monoisotopic (exact) mass is 174 g/mol. The first-order valence-electron chi connectivity index (χ1n) is 4.21. The van der Waals surface area contributed by atoms with Crippen LogP contribution in [0.15, 0.2) is 30.9 Å². The van der Waals surface area contributed by atoms with Crippen molar-refractivity contribution < 1.29 is 0 Å². The van der Waals surface area contributed by atoms with Crippen LogP contribution in [-0.4, -0.2) is 19.7 Å². The van der Waals surface area contributed by atoms with Gasteiger partial charge in [0.05, 0.1) is 0 Å². The van der Waals surface area contributed by atoms with E-state index in [-0.39, 0.29) is 0 Å². The molecule has 0 unspecified atom stereocenters. The van der Waals surface area contributed by atoms with Gasteiger partial charge in [0.25, 0.3) is 0 Å². The lowest BCUT2D eigenvalue weighted by Gasteiger charge is -2.00. The minimum absolute atomic E-state index is 0.817. The van der Waals surface area contributed by atoms with Gasteiger partial charge in [0.1, 0.15) is 6.33 Å². The Bertz CT molecular complexity index is 380. The van der Waals surface area contributed by atoms with Crippen LogP contribution in [0.3, 0.4) is 0 Å². The second kappa shape index (κ2) is 3.35. The average molecular weight is 174 g/mol. The van der Waals surface area contributed by atoms with Gasteiger partial charge in [-0.15, -0.1) is 0 Å². The molecule has 0 radical (unpaired) electrons. The predicted octanol–water partition coefficient (Wildman–Crippen LogP) is 1.22. The topological polar surface area (TPSA) is 43.6 Å². The molecule has 0 amide bonds. The SMILES string of the molecule is CCc1cc(-n2cccn2)ncn1. The summed E-state index contributed by atoms with van der Waals surface area (Å²) in [5.74, 6) is 0.817. The van der Waals surface area contributed by atoms with E-state index < -0.39 is 0 Å². The molecule has 0 saturated carbocycles. The van der Waals surface area contributed by atoms with Crippen LogP contribution in [0.1, 0.15) is 12.6 Å². The maximum Gasteiger partial charge on any atom is 0.156 e. The van der Waals surface area contributed by atoms with Crippen LogP contribution in [0.5, 0.6) is 0 Å². The molecule has 4 nitrogen and oxygen atoms in total. The molecule has 0 aliphatic carbocycles. The largest absolute Gasteiger partial charge is 0.241 e. The summed E-state index contributed by atoms with van der Waals surface area (Å²) in [4.78, 5) is 8.23. The Hall–Kier alpha value is -1.71. The third-order valence-electron chi connectivity index (χ3n) is 1.81. The number of aromatic nitrogens is 4. The standard InChI is InChI=1S/C9H10N4/c1-2-8-6-9(11-7-10-8)13-5-3-4-12-13/h3-7H,2H2,1H3. The fourth-order valence-electron chi connectivity index (χ4n) is 1.11. The molecule has 2 aromatic heterocycles. The number of nitrogens with zero attached hydrogens (tertiary/aromatic N) is 4. The smallest absolute Gasteiger partial charge is 0.156 e. The molecule has 2 heterocycles. The number of hydrogen-bond donors (Lipinski definition) is 0. The molecule has 0 bridgehead atoms. The highest BCUT2D eigenvalue weighted by Gasteiger charge is 1.98. The summed E-state index contributed by atoms with van der Waals surface area (Å²) < 4.78 is 1.72. The van der Waals surface area contributed by atoms with Gasteiger partial charge in [0.2, 0.25) is 0 Å².